The summed E-state index contributed by atoms with van der Waals surface area (Å²) >= 11 is 0. The van der Waals surface area contributed by atoms with Gasteiger partial charge in [-0.25, -0.2) is 9.07 Å². The lowest BCUT2D eigenvalue weighted by Gasteiger charge is -2.05. The summed E-state index contributed by atoms with van der Waals surface area (Å²) in [6.07, 6.45) is -4.61. The molecule has 0 amide bonds. The third-order valence-electron chi connectivity index (χ3n) is 2.70. The number of aromatic nitrogens is 2. The smallest absolute Gasteiger partial charge is 0.291 e. The highest BCUT2D eigenvalue weighted by atomic mass is 19.4. The largest absolute Gasteiger partial charge is 0.433 e. The van der Waals surface area contributed by atoms with Crippen LogP contribution < -0.4 is 5.56 Å². The minimum Gasteiger partial charge on any atom is -0.291 e. The molecule has 19 heavy (non-hydrogen) atoms. The molecule has 0 aliphatic rings. The average Bonchev–Trinajstić information content (AvgIpc) is 2.57. The fourth-order valence-corrected chi connectivity index (χ4v) is 1.78. The van der Waals surface area contributed by atoms with Crippen molar-refractivity contribution < 1.29 is 17.6 Å². The van der Waals surface area contributed by atoms with Crippen molar-refractivity contribution in [1.82, 2.24) is 9.78 Å². The van der Waals surface area contributed by atoms with Crippen molar-refractivity contribution in [3.63, 3.8) is 0 Å². The molecule has 2 rings (SSSR count). The molecule has 0 spiro atoms. The molecule has 0 radical (unpaired) electrons. The maximum atomic E-state index is 13.0. The Kier molecular flexibility index (Phi) is 3.21. The first-order valence-corrected chi connectivity index (χ1v) is 5.40. The van der Waals surface area contributed by atoms with E-state index < -0.39 is 28.8 Å². The van der Waals surface area contributed by atoms with Gasteiger partial charge in [0.15, 0.2) is 0 Å². The highest BCUT2D eigenvalue weighted by Gasteiger charge is 2.36. The highest BCUT2D eigenvalue weighted by Crippen LogP contribution is 2.28. The van der Waals surface area contributed by atoms with E-state index >= 15 is 0 Å². The SMILES string of the molecule is Cc1c(C(F)(F)F)[nH]n(Cc2cccc(F)c2)c1=O. The van der Waals surface area contributed by atoms with Crippen LogP contribution in [-0.2, 0) is 12.7 Å². The number of aromatic amines is 1. The summed E-state index contributed by atoms with van der Waals surface area (Å²) in [5, 5.41) is 2.01. The summed E-state index contributed by atoms with van der Waals surface area (Å²) in [7, 11) is 0. The van der Waals surface area contributed by atoms with Crippen molar-refractivity contribution in [3.8, 4) is 0 Å². The average molecular weight is 274 g/mol. The third-order valence-corrected chi connectivity index (χ3v) is 2.70. The molecule has 0 atom stereocenters. The number of H-pyrrole nitrogens is 1. The lowest BCUT2D eigenvalue weighted by atomic mass is 10.2. The van der Waals surface area contributed by atoms with E-state index in [4.69, 9.17) is 0 Å². The molecule has 1 aromatic heterocycles. The van der Waals surface area contributed by atoms with Crippen LogP contribution in [0, 0.1) is 12.7 Å². The van der Waals surface area contributed by atoms with E-state index in [-0.39, 0.29) is 6.54 Å². The molecule has 0 aliphatic carbocycles. The van der Waals surface area contributed by atoms with E-state index in [1.807, 2.05) is 5.10 Å². The fourth-order valence-electron chi connectivity index (χ4n) is 1.78. The van der Waals surface area contributed by atoms with Crippen LogP contribution >= 0.6 is 0 Å². The first kappa shape index (κ1) is 13.4. The van der Waals surface area contributed by atoms with E-state index in [9.17, 15) is 22.4 Å². The van der Waals surface area contributed by atoms with Crippen molar-refractivity contribution in [2.24, 2.45) is 0 Å². The molecule has 7 heteroatoms. The third kappa shape index (κ3) is 2.69. The van der Waals surface area contributed by atoms with E-state index in [1.54, 1.807) is 0 Å². The quantitative estimate of drug-likeness (QED) is 0.840. The lowest BCUT2D eigenvalue weighted by molar-refractivity contribution is -0.141. The Morgan fingerprint density at radius 3 is 2.53 bits per heavy atom. The van der Waals surface area contributed by atoms with Crippen LogP contribution in [0.15, 0.2) is 29.1 Å². The molecule has 0 fully saturated rings. The summed E-state index contributed by atoms with van der Waals surface area (Å²) in [6.45, 7) is 0.956. The zero-order valence-corrected chi connectivity index (χ0v) is 9.88. The molecular formula is C12H10F4N2O. The number of nitrogens with one attached hydrogen (secondary N) is 1. The van der Waals surface area contributed by atoms with Gasteiger partial charge in [-0.3, -0.25) is 9.89 Å². The topological polar surface area (TPSA) is 37.8 Å². The Morgan fingerprint density at radius 1 is 1.32 bits per heavy atom. The number of benzene rings is 1. The van der Waals surface area contributed by atoms with Gasteiger partial charge >= 0.3 is 6.18 Å². The van der Waals surface area contributed by atoms with Crippen LogP contribution in [0.5, 0.6) is 0 Å². The Bertz CT molecular complexity index is 654. The standard InChI is InChI=1S/C12H10F4N2O/c1-7-10(12(14,15)16)17-18(11(7)19)6-8-3-2-4-9(13)5-8/h2-5,17H,6H2,1H3. The molecule has 1 heterocycles. The Hall–Kier alpha value is -2.05. The molecule has 1 N–H and O–H groups in total. The summed E-state index contributed by atoms with van der Waals surface area (Å²) in [6, 6.07) is 5.33. The fraction of sp³-hybridized carbons (Fsp3) is 0.250. The zero-order valence-electron chi connectivity index (χ0n) is 9.88. The van der Waals surface area contributed by atoms with Crippen LogP contribution in [0.4, 0.5) is 17.6 Å². The van der Waals surface area contributed by atoms with Crippen molar-refractivity contribution in [3.05, 3.63) is 57.3 Å². The highest BCUT2D eigenvalue weighted by molar-refractivity contribution is 5.21. The maximum absolute atomic E-state index is 13.0. The molecule has 102 valence electrons. The summed E-state index contributed by atoms with van der Waals surface area (Å²) in [5.41, 5.74) is -1.84. The number of rotatable bonds is 2. The molecule has 0 saturated heterocycles. The van der Waals surface area contributed by atoms with Gasteiger partial charge in [0.2, 0.25) is 0 Å². The van der Waals surface area contributed by atoms with Crippen molar-refractivity contribution in [2.75, 3.05) is 0 Å². The van der Waals surface area contributed by atoms with Crippen LogP contribution in [0.1, 0.15) is 16.8 Å². The van der Waals surface area contributed by atoms with Crippen LogP contribution in [0.3, 0.4) is 0 Å². The first-order valence-electron chi connectivity index (χ1n) is 5.40. The van der Waals surface area contributed by atoms with Crippen molar-refractivity contribution in [2.45, 2.75) is 19.6 Å². The molecule has 0 saturated carbocycles. The monoisotopic (exact) mass is 274 g/mol. The number of nitrogens with zero attached hydrogens (tertiary/aromatic N) is 1. The zero-order chi connectivity index (χ0) is 14.2. The second-order valence-electron chi connectivity index (χ2n) is 4.13. The van der Waals surface area contributed by atoms with Gasteiger partial charge < -0.3 is 0 Å². The van der Waals surface area contributed by atoms with E-state index in [2.05, 4.69) is 0 Å². The van der Waals surface area contributed by atoms with Gasteiger partial charge in [-0.05, 0) is 24.6 Å². The normalized spacial score (nSPS) is 11.8. The van der Waals surface area contributed by atoms with Crippen molar-refractivity contribution >= 4 is 0 Å². The summed E-state index contributed by atoms with van der Waals surface area (Å²) in [5.74, 6) is -0.509. The lowest BCUT2D eigenvalue weighted by Crippen LogP contribution is -2.18. The summed E-state index contributed by atoms with van der Waals surface area (Å²) < 4.78 is 51.6. The van der Waals surface area contributed by atoms with Gasteiger partial charge in [0.25, 0.3) is 5.56 Å². The van der Waals surface area contributed by atoms with E-state index in [0.717, 1.165) is 17.7 Å². The van der Waals surface area contributed by atoms with Gasteiger partial charge in [-0.2, -0.15) is 13.2 Å². The first-order chi connectivity index (χ1) is 8.79. The molecule has 0 aliphatic heterocycles. The molecule has 0 bridgehead atoms. The van der Waals surface area contributed by atoms with Gasteiger partial charge in [0.05, 0.1) is 6.54 Å². The van der Waals surface area contributed by atoms with Gasteiger partial charge in [0, 0.05) is 5.56 Å². The van der Waals surface area contributed by atoms with Crippen molar-refractivity contribution in [1.29, 1.82) is 0 Å². The number of alkyl halides is 3. The second-order valence-corrected chi connectivity index (χ2v) is 4.13. The number of hydrogen-bond acceptors (Lipinski definition) is 1. The summed E-state index contributed by atoms with van der Waals surface area (Å²) in [4.78, 5) is 11.7. The van der Waals surface area contributed by atoms with Crippen LogP contribution in [0.25, 0.3) is 0 Å². The minimum atomic E-state index is -4.61. The molecular weight excluding hydrogens is 264 g/mol. The van der Waals surface area contributed by atoms with Gasteiger partial charge in [-0.1, -0.05) is 12.1 Å². The predicted octanol–water partition coefficient (Wildman–Crippen LogP) is 2.69. The maximum Gasteiger partial charge on any atom is 0.433 e. The minimum absolute atomic E-state index is 0.145. The van der Waals surface area contributed by atoms with Gasteiger partial charge in [-0.15, -0.1) is 0 Å². The Morgan fingerprint density at radius 2 is 2.00 bits per heavy atom. The number of halogens is 4. The Labute approximate surface area is 105 Å². The predicted molar refractivity (Wildman–Crippen MR) is 60.3 cm³/mol. The number of hydrogen-bond donors (Lipinski definition) is 1. The van der Waals surface area contributed by atoms with E-state index in [0.29, 0.717) is 5.56 Å². The molecule has 1 aromatic carbocycles. The Balaban J connectivity index is 2.40. The molecule has 3 nitrogen and oxygen atoms in total. The van der Waals surface area contributed by atoms with Gasteiger partial charge in [0.1, 0.15) is 11.5 Å². The van der Waals surface area contributed by atoms with E-state index in [1.165, 1.54) is 18.2 Å². The second kappa shape index (κ2) is 4.56. The van der Waals surface area contributed by atoms with Crippen LogP contribution in [0.2, 0.25) is 0 Å². The molecule has 0 unspecified atom stereocenters. The van der Waals surface area contributed by atoms with Crippen LogP contribution in [-0.4, -0.2) is 9.78 Å². The molecule has 2 aromatic rings.